The first-order chi connectivity index (χ1) is 12.2. The molecule has 25 heavy (non-hydrogen) atoms. The van der Waals surface area contributed by atoms with Gasteiger partial charge in [0.05, 0.1) is 17.4 Å². The summed E-state index contributed by atoms with van der Waals surface area (Å²) in [7, 11) is 0. The van der Waals surface area contributed by atoms with Gasteiger partial charge in [0.25, 0.3) is 0 Å². The minimum absolute atomic E-state index is 0.168. The summed E-state index contributed by atoms with van der Waals surface area (Å²) >= 11 is 7.62. The number of carbonyl (C=O) groups excluding carboxylic acids is 1. The predicted molar refractivity (Wildman–Crippen MR) is 99.2 cm³/mol. The largest absolute Gasteiger partial charge is 0.465 e. The van der Waals surface area contributed by atoms with E-state index >= 15 is 0 Å². The number of ether oxygens (including phenoxy) is 1. The molecule has 7 heteroatoms. The number of carbonyl (C=O) groups is 1. The van der Waals surface area contributed by atoms with E-state index in [0.29, 0.717) is 22.6 Å². The second-order valence-corrected chi connectivity index (χ2v) is 6.40. The highest BCUT2D eigenvalue weighted by Crippen LogP contribution is 2.31. The number of hydrogen-bond donors (Lipinski definition) is 0. The van der Waals surface area contributed by atoms with Crippen molar-refractivity contribution in [3.05, 3.63) is 59.6 Å². The minimum Gasteiger partial charge on any atom is -0.465 e. The summed E-state index contributed by atoms with van der Waals surface area (Å²) in [6, 6.07) is 17.2. The molecule has 128 valence electrons. The van der Waals surface area contributed by atoms with Crippen LogP contribution in [0, 0.1) is 0 Å². The van der Waals surface area contributed by atoms with Crippen molar-refractivity contribution in [2.75, 3.05) is 12.4 Å². The molecule has 0 aliphatic rings. The molecule has 0 radical (unpaired) electrons. The molecule has 3 aromatic rings. The van der Waals surface area contributed by atoms with Gasteiger partial charge in [-0.3, -0.25) is 9.36 Å². The number of benzene rings is 2. The molecule has 0 fully saturated rings. The highest BCUT2D eigenvalue weighted by molar-refractivity contribution is 7.99. The fourth-order valence-electron chi connectivity index (χ4n) is 2.32. The summed E-state index contributed by atoms with van der Waals surface area (Å²) in [5.41, 5.74) is 1.68. The van der Waals surface area contributed by atoms with Crippen LogP contribution in [0.15, 0.2) is 59.8 Å². The summed E-state index contributed by atoms with van der Waals surface area (Å²) in [5.74, 6) is 0.513. The number of aromatic nitrogens is 3. The van der Waals surface area contributed by atoms with Crippen LogP contribution >= 0.6 is 23.4 Å². The number of hydrogen-bond acceptors (Lipinski definition) is 5. The second kappa shape index (κ2) is 8.18. The van der Waals surface area contributed by atoms with E-state index in [1.807, 2.05) is 59.2 Å². The number of halogens is 1. The van der Waals surface area contributed by atoms with Crippen molar-refractivity contribution in [2.45, 2.75) is 12.1 Å². The van der Waals surface area contributed by atoms with Gasteiger partial charge in [0, 0.05) is 11.3 Å². The summed E-state index contributed by atoms with van der Waals surface area (Å²) in [5, 5.41) is 9.75. The minimum atomic E-state index is -0.283. The van der Waals surface area contributed by atoms with Crippen LogP contribution in [0.3, 0.4) is 0 Å². The molecule has 0 atom stereocenters. The average Bonchev–Trinajstić information content (AvgIpc) is 3.05. The second-order valence-electron chi connectivity index (χ2n) is 5.05. The van der Waals surface area contributed by atoms with E-state index in [4.69, 9.17) is 16.3 Å². The third-order valence-electron chi connectivity index (χ3n) is 3.39. The maximum Gasteiger partial charge on any atom is 0.316 e. The first kappa shape index (κ1) is 17.5. The van der Waals surface area contributed by atoms with Crippen molar-refractivity contribution in [3.8, 4) is 17.1 Å². The van der Waals surface area contributed by atoms with Gasteiger partial charge in [-0.2, -0.15) is 0 Å². The summed E-state index contributed by atoms with van der Waals surface area (Å²) in [6.07, 6.45) is 0. The molecule has 1 heterocycles. The van der Waals surface area contributed by atoms with E-state index in [1.54, 1.807) is 6.92 Å². The fourth-order valence-corrected chi connectivity index (χ4v) is 3.29. The van der Waals surface area contributed by atoms with Gasteiger partial charge >= 0.3 is 5.97 Å². The zero-order valence-electron chi connectivity index (χ0n) is 13.6. The molecule has 0 N–H and O–H groups in total. The molecule has 0 saturated carbocycles. The molecule has 0 aliphatic carbocycles. The normalized spacial score (nSPS) is 10.6. The third kappa shape index (κ3) is 4.03. The van der Waals surface area contributed by atoms with Gasteiger partial charge < -0.3 is 4.74 Å². The molecule has 5 nitrogen and oxygen atoms in total. The quantitative estimate of drug-likeness (QED) is 0.477. The Morgan fingerprint density at radius 3 is 2.56 bits per heavy atom. The molecular formula is C18H16ClN3O2S. The van der Waals surface area contributed by atoms with E-state index in [1.165, 1.54) is 11.8 Å². The van der Waals surface area contributed by atoms with Crippen molar-refractivity contribution in [1.29, 1.82) is 0 Å². The summed E-state index contributed by atoms with van der Waals surface area (Å²) < 4.78 is 6.88. The average molecular weight is 374 g/mol. The number of thioether (sulfide) groups is 1. The zero-order valence-corrected chi connectivity index (χ0v) is 15.1. The van der Waals surface area contributed by atoms with Crippen LogP contribution in [0.2, 0.25) is 5.02 Å². The van der Waals surface area contributed by atoms with Crippen LogP contribution in [0.4, 0.5) is 0 Å². The van der Waals surface area contributed by atoms with Gasteiger partial charge in [0.1, 0.15) is 0 Å². The van der Waals surface area contributed by atoms with Gasteiger partial charge in [-0.05, 0) is 31.2 Å². The molecule has 0 amide bonds. The van der Waals surface area contributed by atoms with Gasteiger partial charge in [0.15, 0.2) is 11.0 Å². The van der Waals surface area contributed by atoms with Crippen LogP contribution in [0.5, 0.6) is 0 Å². The lowest BCUT2D eigenvalue weighted by Crippen LogP contribution is -2.08. The Hall–Kier alpha value is -2.31. The van der Waals surface area contributed by atoms with Crippen LogP contribution < -0.4 is 0 Å². The number of para-hydroxylation sites is 1. The molecule has 0 saturated heterocycles. The van der Waals surface area contributed by atoms with Crippen LogP contribution in [0.1, 0.15) is 6.92 Å². The predicted octanol–water partition coefficient (Wildman–Crippen LogP) is 4.24. The van der Waals surface area contributed by atoms with E-state index < -0.39 is 0 Å². The molecular weight excluding hydrogens is 358 g/mol. The Morgan fingerprint density at radius 1 is 1.12 bits per heavy atom. The van der Waals surface area contributed by atoms with Crippen LogP contribution in [0.25, 0.3) is 17.1 Å². The van der Waals surface area contributed by atoms with Crippen molar-refractivity contribution < 1.29 is 9.53 Å². The van der Waals surface area contributed by atoms with Gasteiger partial charge in [0.2, 0.25) is 0 Å². The third-order valence-corrected chi connectivity index (χ3v) is 4.62. The first-order valence-electron chi connectivity index (χ1n) is 7.75. The van der Waals surface area contributed by atoms with Crippen LogP contribution in [-0.4, -0.2) is 33.1 Å². The van der Waals surface area contributed by atoms with Crippen molar-refractivity contribution in [3.63, 3.8) is 0 Å². The zero-order chi connectivity index (χ0) is 17.6. The molecule has 0 spiro atoms. The van der Waals surface area contributed by atoms with Crippen LogP contribution in [-0.2, 0) is 9.53 Å². The van der Waals surface area contributed by atoms with E-state index in [0.717, 1.165) is 11.3 Å². The molecule has 0 unspecified atom stereocenters. The first-order valence-corrected chi connectivity index (χ1v) is 9.11. The van der Waals surface area contributed by atoms with Crippen molar-refractivity contribution >= 4 is 29.3 Å². The Morgan fingerprint density at radius 2 is 1.84 bits per heavy atom. The fraction of sp³-hybridized carbons (Fsp3) is 0.167. The molecule has 2 aromatic carbocycles. The molecule has 1 aromatic heterocycles. The van der Waals surface area contributed by atoms with Crippen molar-refractivity contribution in [2.24, 2.45) is 0 Å². The Labute approximate surface area is 155 Å². The van der Waals surface area contributed by atoms with Crippen molar-refractivity contribution in [1.82, 2.24) is 14.8 Å². The van der Waals surface area contributed by atoms with Gasteiger partial charge in [-0.1, -0.05) is 53.7 Å². The maximum absolute atomic E-state index is 11.7. The molecule has 3 rings (SSSR count). The number of nitrogens with zero attached hydrogens (tertiary/aromatic N) is 3. The number of esters is 1. The van der Waals surface area contributed by atoms with Gasteiger partial charge in [-0.15, -0.1) is 10.2 Å². The standard InChI is InChI=1S/C18H16ClN3O2S/c1-2-24-16(23)12-25-18-21-20-17(14-10-6-7-11-15(14)19)22(18)13-8-4-3-5-9-13/h3-11H,2,12H2,1H3. The van der Waals surface area contributed by atoms with E-state index in [9.17, 15) is 4.79 Å². The highest BCUT2D eigenvalue weighted by Gasteiger charge is 2.18. The lowest BCUT2D eigenvalue weighted by Gasteiger charge is -2.11. The van der Waals surface area contributed by atoms with E-state index in [-0.39, 0.29) is 11.7 Å². The smallest absolute Gasteiger partial charge is 0.316 e. The summed E-state index contributed by atoms with van der Waals surface area (Å²) in [6.45, 7) is 2.14. The Kier molecular flexibility index (Phi) is 5.73. The number of rotatable bonds is 6. The summed E-state index contributed by atoms with van der Waals surface area (Å²) in [4.78, 5) is 11.7. The monoisotopic (exact) mass is 373 g/mol. The maximum atomic E-state index is 11.7. The van der Waals surface area contributed by atoms with E-state index in [2.05, 4.69) is 10.2 Å². The Bertz CT molecular complexity index is 868. The SMILES string of the molecule is CCOC(=O)CSc1nnc(-c2ccccc2Cl)n1-c1ccccc1. The lowest BCUT2D eigenvalue weighted by atomic mass is 10.2. The Balaban J connectivity index is 2.02. The van der Waals surface area contributed by atoms with Gasteiger partial charge in [-0.25, -0.2) is 0 Å². The topological polar surface area (TPSA) is 57.0 Å². The molecule has 0 aliphatic heterocycles. The molecule has 0 bridgehead atoms. The highest BCUT2D eigenvalue weighted by atomic mass is 35.5. The lowest BCUT2D eigenvalue weighted by molar-refractivity contribution is -0.139.